The lowest BCUT2D eigenvalue weighted by molar-refractivity contribution is -0.132. The third-order valence-electron chi connectivity index (χ3n) is 3.39. The van der Waals surface area contributed by atoms with E-state index in [1.165, 1.54) is 6.42 Å². The van der Waals surface area contributed by atoms with Crippen LogP contribution in [-0.2, 0) is 4.79 Å². The van der Waals surface area contributed by atoms with E-state index in [-0.39, 0.29) is 5.91 Å². The van der Waals surface area contributed by atoms with Crippen LogP contribution >= 0.6 is 11.6 Å². The summed E-state index contributed by atoms with van der Waals surface area (Å²) in [5.74, 6) is 0.169. The molecule has 1 amide bonds. The van der Waals surface area contributed by atoms with Gasteiger partial charge in [0.25, 0.3) is 0 Å². The van der Waals surface area contributed by atoms with Crippen LogP contribution in [0.15, 0.2) is 24.3 Å². The van der Waals surface area contributed by atoms with Gasteiger partial charge in [0.2, 0.25) is 5.91 Å². The summed E-state index contributed by atoms with van der Waals surface area (Å²) in [6, 6.07) is 7.81. The van der Waals surface area contributed by atoms with E-state index >= 15 is 0 Å². The number of hydrogen-bond donors (Lipinski definition) is 1. The predicted molar refractivity (Wildman–Crippen MR) is 75.0 cm³/mol. The molecule has 98 valence electrons. The Bertz CT molecular complexity index is 422. The van der Waals surface area contributed by atoms with E-state index in [0.717, 1.165) is 25.1 Å². The van der Waals surface area contributed by atoms with E-state index in [2.05, 4.69) is 12.2 Å². The third-order valence-corrected chi connectivity index (χ3v) is 3.63. The van der Waals surface area contributed by atoms with Crippen LogP contribution in [0.25, 0.3) is 0 Å². The second-order valence-corrected chi connectivity index (χ2v) is 5.23. The largest absolute Gasteiger partial charge is 0.376 e. The molecule has 3 nitrogen and oxygen atoms in total. The quantitative estimate of drug-likeness (QED) is 0.912. The standard InChI is InChI=1S/C14H19ClN2O/c1-11-5-2-3-8-17(11)14(18)10-16-13-7-4-6-12(15)9-13/h4,6-7,9,11,16H,2-3,5,8,10H2,1H3. The molecule has 1 heterocycles. The SMILES string of the molecule is CC1CCCCN1C(=O)CNc1cccc(Cl)c1. The molecule has 1 atom stereocenters. The summed E-state index contributed by atoms with van der Waals surface area (Å²) in [5.41, 5.74) is 0.889. The highest BCUT2D eigenvalue weighted by Crippen LogP contribution is 2.17. The van der Waals surface area contributed by atoms with Gasteiger partial charge in [-0.15, -0.1) is 0 Å². The first-order chi connectivity index (χ1) is 8.66. The first-order valence-electron chi connectivity index (χ1n) is 6.46. The normalized spacial score (nSPS) is 19.7. The number of likely N-dealkylation sites (tertiary alicyclic amines) is 1. The van der Waals surface area contributed by atoms with E-state index < -0.39 is 0 Å². The van der Waals surface area contributed by atoms with Gasteiger partial charge in [0.15, 0.2) is 0 Å². The Morgan fingerprint density at radius 3 is 3.06 bits per heavy atom. The van der Waals surface area contributed by atoms with Gasteiger partial charge in [-0.25, -0.2) is 0 Å². The average Bonchev–Trinajstić information content (AvgIpc) is 2.37. The fraction of sp³-hybridized carbons (Fsp3) is 0.500. The zero-order valence-electron chi connectivity index (χ0n) is 10.7. The minimum atomic E-state index is 0.169. The fourth-order valence-electron chi connectivity index (χ4n) is 2.35. The zero-order chi connectivity index (χ0) is 13.0. The summed E-state index contributed by atoms with van der Waals surface area (Å²) in [4.78, 5) is 14.1. The molecule has 0 aliphatic carbocycles. The number of halogens is 1. The molecule has 1 aliphatic heterocycles. The van der Waals surface area contributed by atoms with Crippen molar-refractivity contribution in [3.63, 3.8) is 0 Å². The van der Waals surface area contributed by atoms with E-state index in [4.69, 9.17) is 11.6 Å². The molecule has 1 N–H and O–H groups in total. The number of benzene rings is 1. The minimum absolute atomic E-state index is 0.169. The van der Waals surface area contributed by atoms with Crippen molar-refractivity contribution in [2.24, 2.45) is 0 Å². The molecular weight excluding hydrogens is 248 g/mol. The number of carbonyl (C=O) groups excluding carboxylic acids is 1. The molecule has 1 saturated heterocycles. The molecule has 0 aromatic heterocycles. The van der Waals surface area contributed by atoms with E-state index in [0.29, 0.717) is 17.6 Å². The number of piperidine rings is 1. The molecule has 18 heavy (non-hydrogen) atoms. The molecule has 1 aliphatic rings. The number of carbonyl (C=O) groups is 1. The number of hydrogen-bond acceptors (Lipinski definition) is 2. The van der Waals surface area contributed by atoms with Crippen LogP contribution in [0.5, 0.6) is 0 Å². The number of nitrogens with one attached hydrogen (secondary N) is 1. The van der Waals surface area contributed by atoms with Crippen molar-refractivity contribution >= 4 is 23.2 Å². The van der Waals surface area contributed by atoms with Gasteiger partial charge in [0.1, 0.15) is 0 Å². The van der Waals surface area contributed by atoms with Crippen molar-refractivity contribution in [3.8, 4) is 0 Å². The number of anilines is 1. The van der Waals surface area contributed by atoms with Crippen LogP contribution in [0.3, 0.4) is 0 Å². The van der Waals surface area contributed by atoms with Gasteiger partial charge in [0.05, 0.1) is 6.54 Å². The van der Waals surface area contributed by atoms with Gasteiger partial charge in [-0.2, -0.15) is 0 Å². The van der Waals surface area contributed by atoms with Crippen molar-refractivity contribution in [3.05, 3.63) is 29.3 Å². The Hall–Kier alpha value is -1.22. The van der Waals surface area contributed by atoms with Crippen LogP contribution in [0.2, 0.25) is 5.02 Å². The summed E-state index contributed by atoms with van der Waals surface area (Å²) >= 11 is 5.90. The summed E-state index contributed by atoms with van der Waals surface area (Å²) in [5, 5.41) is 3.81. The lowest BCUT2D eigenvalue weighted by Gasteiger charge is -2.33. The summed E-state index contributed by atoms with van der Waals surface area (Å²) in [7, 11) is 0. The highest BCUT2D eigenvalue weighted by molar-refractivity contribution is 6.30. The summed E-state index contributed by atoms with van der Waals surface area (Å²) in [6.07, 6.45) is 3.46. The van der Waals surface area contributed by atoms with Gasteiger partial charge >= 0.3 is 0 Å². The first-order valence-corrected chi connectivity index (χ1v) is 6.83. The first kappa shape index (κ1) is 13.2. The molecule has 0 spiro atoms. The van der Waals surface area contributed by atoms with Gasteiger partial charge in [-0.05, 0) is 44.4 Å². The van der Waals surface area contributed by atoms with E-state index in [1.807, 2.05) is 29.2 Å². The molecule has 2 rings (SSSR count). The zero-order valence-corrected chi connectivity index (χ0v) is 11.4. The molecule has 0 saturated carbocycles. The average molecular weight is 267 g/mol. The molecule has 1 aromatic rings. The Morgan fingerprint density at radius 1 is 1.50 bits per heavy atom. The number of nitrogens with zero attached hydrogens (tertiary/aromatic N) is 1. The number of rotatable bonds is 3. The van der Waals surface area contributed by atoms with Crippen molar-refractivity contribution in [1.29, 1.82) is 0 Å². The predicted octanol–water partition coefficient (Wildman–Crippen LogP) is 3.15. The highest BCUT2D eigenvalue weighted by atomic mass is 35.5. The maximum Gasteiger partial charge on any atom is 0.242 e. The van der Waals surface area contributed by atoms with Crippen LogP contribution < -0.4 is 5.32 Å². The highest BCUT2D eigenvalue weighted by Gasteiger charge is 2.22. The van der Waals surface area contributed by atoms with Crippen LogP contribution in [0, 0.1) is 0 Å². The second kappa shape index (κ2) is 6.10. The topological polar surface area (TPSA) is 32.3 Å². The van der Waals surface area contributed by atoms with Crippen LogP contribution in [0.4, 0.5) is 5.69 Å². The van der Waals surface area contributed by atoms with Gasteiger partial charge in [-0.1, -0.05) is 17.7 Å². The van der Waals surface area contributed by atoms with Crippen molar-refractivity contribution in [1.82, 2.24) is 4.90 Å². The van der Waals surface area contributed by atoms with Crippen molar-refractivity contribution < 1.29 is 4.79 Å². The second-order valence-electron chi connectivity index (χ2n) is 4.80. The van der Waals surface area contributed by atoms with E-state index in [9.17, 15) is 4.79 Å². The fourth-order valence-corrected chi connectivity index (χ4v) is 2.54. The van der Waals surface area contributed by atoms with Crippen molar-refractivity contribution in [2.45, 2.75) is 32.2 Å². The Labute approximate surface area is 113 Å². The molecule has 4 heteroatoms. The molecule has 1 unspecified atom stereocenters. The monoisotopic (exact) mass is 266 g/mol. The lowest BCUT2D eigenvalue weighted by Crippen LogP contribution is -2.44. The molecule has 0 bridgehead atoms. The smallest absolute Gasteiger partial charge is 0.242 e. The molecule has 1 aromatic carbocycles. The summed E-state index contributed by atoms with van der Waals surface area (Å²) in [6.45, 7) is 3.35. The Morgan fingerprint density at radius 2 is 2.33 bits per heavy atom. The lowest BCUT2D eigenvalue weighted by atomic mass is 10.0. The molecule has 1 fully saturated rings. The van der Waals surface area contributed by atoms with Gasteiger partial charge in [-0.3, -0.25) is 4.79 Å². The van der Waals surface area contributed by atoms with Crippen molar-refractivity contribution in [2.75, 3.05) is 18.4 Å². The van der Waals surface area contributed by atoms with Crippen LogP contribution in [0.1, 0.15) is 26.2 Å². The van der Waals surface area contributed by atoms with Gasteiger partial charge < -0.3 is 10.2 Å². The molecule has 0 radical (unpaired) electrons. The Balaban J connectivity index is 1.88. The van der Waals surface area contributed by atoms with Crippen LogP contribution in [-0.4, -0.2) is 29.9 Å². The van der Waals surface area contributed by atoms with E-state index in [1.54, 1.807) is 0 Å². The Kier molecular flexibility index (Phi) is 4.48. The third kappa shape index (κ3) is 3.39. The minimum Gasteiger partial charge on any atom is -0.376 e. The number of amides is 1. The molecular formula is C14H19ClN2O. The maximum absolute atomic E-state index is 12.1. The van der Waals surface area contributed by atoms with Gasteiger partial charge in [0, 0.05) is 23.3 Å². The summed E-state index contributed by atoms with van der Waals surface area (Å²) < 4.78 is 0. The maximum atomic E-state index is 12.1.